The van der Waals surface area contributed by atoms with Crippen molar-refractivity contribution in [3.8, 4) is 5.88 Å². The van der Waals surface area contributed by atoms with Gasteiger partial charge >= 0.3 is 0 Å². The molecule has 5 nitrogen and oxygen atoms in total. The zero-order chi connectivity index (χ0) is 13.8. The normalized spacial score (nSPS) is 15.3. The number of aromatic nitrogens is 2. The summed E-state index contributed by atoms with van der Waals surface area (Å²) in [5, 5.41) is 0. The van der Waals surface area contributed by atoms with E-state index in [1.807, 2.05) is 6.07 Å². The number of nitrogens with zero attached hydrogens (tertiary/aromatic N) is 3. The molecule has 1 saturated heterocycles. The van der Waals surface area contributed by atoms with Crippen molar-refractivity contribution in [3.63, 3.8) is 0 Å². The lowest BCUT2D eigenvalue weighted by Crippen LogP contribution is -2.36. The van der Waals surface area contributed by atoms with E-state index in [2.05, 4.69) is 13.6 Å². The number of hydrogen-bond acceptors (Lipinski definition) is 6. The van der Waals surface area contributed by atoms with E-state index in [1.54, 1.807) is 6.07 Å². The molecule has 1 aliphatic heterocycles. The van der Waals surface area contributed by atoms with Crippen LogP contribution in [0.5, 0.6) is 5.88 Å². The first kappa shape index (κ1) is 13.3. The van der Waals surface area contributed by atoms with Gasteiger partial charge in [-0.15, -0.1) is 4.37 Å². The lowest BCUT2D eigenvalue weighted by atomic mass is 10.2. The van der Waals surface area contributed by atoms with Crippen LogP contribution in [0.2, 0.25) is 0 Å². The summed E-state index contributed by atoms with van der Waals surface area (Å²) in [5.41, 5.74) is 0.769. The molecule has 1 aliphatic rings. The first-order valence-corrected chi connectivity index (χ1v) is 7.08. The van der Waals surface area contributed by atoms with Gasteiger partial charge in [0.05, 0.1) is 24.9 Å². The molecule has 2 heterocycles. The third kappa shape index (κ3) is 3.05. The van der Waals surface area contributed by atoms with Gasteiger partial charge in [-0.2, -0.15) is 4.37 Å². The molecule has 1 aromatic carbocycles. The molecule has 1 aromatic heterocycles. The molecule has 0 unspecified atom stereocenters. The van der Waals surface area contributed by atoms with Gasteiger partial charge in [-0.25, -0.2) is 4.39 Å². The Kier molecular flexibility index (Phi) is 4.08. The van der Waals surface area contributed by atoms with E-state index in [0.717, 1.165) is 36.2 Å². The summed E-state index contributed by atoms with van der Waals surface area (Å²) in [6.45, 7) is 3.20. The Balaban J connectivity index is 1.67. The van der Waals surface area contributed by atoms with Crippen molar-refractivity contribution in [2.75, 3.05) is 31.2 Å². The standard InChI is InChI=1S/C13H14FN3O2S/c14-11-3-1-2-10(8-11)9-19-13-12(15-20-16-13)17-4-6-18-7-5-17/h1-3,8H,4-7,9H2. The Morgan fingerprint density at radius 2 is 2.15 bits per heavy atom. The maximum atomic E-state index is 13.1. The smallest absolute Gasteiger partial charge is 0.271 e. The van der Waals surface area contributed by atoms with Crippen molar-refractivity contribution < 1.29 is 13.9 Å². The number of morpholine rings is 1. The molecule has 1 fully saturated rings. The molecule has 0 aliphatic carbocycles. The highest BCUT2D eigenvalue weighted by Gasteiger charge is 2.19. The van der Waals surface area contributed by atoms with Crippen LogP contribution < -0.4 is 9.64 Å². The van der Waals surface area contributed by atoms with Crippen LogP contribution in [0, 0.1) is 5.82 Å². The third-order valence-electron chi connectivity index (χ3n) is 3.02. The average molecular weight is 295 g/mol. The summed E-state index contributed by atoms with van der Waals surface area (Å²) in [6.07, 6.45) is 0. The number of halogens is 1. The molecule has 0 radical (unpaired) electrons. The Hall–Kier alpha value is -1.73. The van der Waals surface area contributed by atoms with E-state index < -0.39 is 0 Å². The van der Waals surface area contributed by atoms with Crippen LogP contribution in [0.4, 0.5) is 10.2 Å². The molecule has 0 bridgehead atoms. The lowest BCUT2D eigenvalue weighted by molar-refractivity contribution is 0.122. The molecule has 0 N–H and O–H groups in total. The van der Waals surface area contributed by atoms with Gasteiger partial charge in [0.1, 0.15) is 12.4 Å². The highest BCUT2D eigenvalue weighted by Crippen LogP contribution is 2.27. The van der Waals surface area contributed by atoms with Gasteiger partial charge < -0.3 is 14.4 Å². The molecule has 0 spiro atoms. The predicted molar refractivity (Wildman–Crippen MR) is 73.7 cm³/mol. The van der Waals surface area contributed by atoms with E-state index >= 15 is 0 Å². The summed E-state index contributed by atoms with van der Waals surface area (Å²) < 4.78 is 32.5. The topological polar surface area (TPSA) is 47.5 Å². The van der Waals surface area contributed by atoms with Crippen molar-refractivity contribution in [3.05, 3.63) is 35.6 Å². The second kappa shape index (κ2) is 6.15. The Morgan fingerprint density at radius 3 is 2.95 bits per heavy atom. The number of hydrogen-bond donors (Lipinski definition) is 0. The van der Waals surface area contributed by atoms with Crippen molar-refractivity contribution in [2.24, 2.45) is 0 Å². The number of rotatable bonds is 4. The van der Waals surface area contributed by atoms with Crippen LogP contribution in [-0.4, -0.2) is 35.1 Å². The summed E-state index contributed by atoms with van der Waals surface area (Å²) in [7, 11) is 0. The highest BCUT2D eigenvalue weighted by molar-refractivity contribution is 6.99. The molecule has 20 heavy (non-hydrogen) atoms. The van der Waals surface area contributed by atoms with Gasteiger partial charge in [-0.3, -0.25) is 0 Å². The second-order valence-electron chi connectivity index (χ2n) is 4.41. The Labute approximate surface area is 120 Å². The van der Waals surface area contributed by atoms with E-state index in [1.165, 1.54) is 12.1 Å². The fourth-order valence-corrected chi connectivity index (χ4v) is 2.53. The predicted octanol–water partition coefficient (Wildman–Crippen LogP) is 2.09. The first-order chi connectivity index (χ1) is 9.83. The van der Waals surface area contributed by atoms with E-state index in [0.29, 0.717) is 19.1 Å². The first-order valence-electron chi connectivity index (χ1n) is 6.35. The molecule has 0 atom stereocenters. The third-order valence-corrected chi connectivity index (χ3v) is 3.52. The van der Waals surface area contributed by atoms with Crippen LogP contribution in [0.3, 0.4) is 0 Å². The Bertz CT molecular complexity index is 572. The number of anilines is 1. The fourth-order valence-electron chi connectivity index (χ4n) is 2.01. The highest BCUT2D eigenvalue weighted by atomic mass is 32.1. The number of ether oxygens (including phenoxy) is 2. The number of benzene rings is 1. The summed E-state index contributed by atoms with van der Waals surface area (Å²) in [4.78, 5) is 2.09. The SMILES string of the molecule is Fc1cccc(COc2nsnc2N2CCOCC2)c1. The van der Waals surface area contributed by atoms with Gasteiger partial charge in [-0.05, 0) is 17.7 Å². The maximum Gasteiger partial charge on any atom is 0.271 e. The van der Waals surface area contributed by atoms with E-state index in [9.17, 15) is 4.39 Å². The van der Waals surface area contributed by atoms with Crippen molar-refractivity contribution in [1.82, 2.24) is 8.75 Å². The van der Waals surface area contributed by atoms with Gasteiger partial charge in [0.15, 0.2) is 0 Å². The minimum absolute atomic E-state index is 0.268. The maximum absolute atomic E-state index is 13.1. The molecular formula is C13H14FN3O2S. The summed E-state index contributed by atoms with van der Waals surface area (Å²) in [6, 6.07) is 6.34. The fraction of sp³-hybridized carbons (Fsp3) is 0.385. The monoisotopic (exact) mass is 295 g/mol. The molecule has 106 valence electrons. The molecule has 7 heteroatoms. The second-order valence-corrected chi connectivity index (χ2v) is 4.94. The van der Waals surface area contributed by atoms with Crippen LogP contribution in [0.1, 0.15) is 5.56 Å². The summed E-state index contributed by atoms with van der Waals surface area (Å²) in [5.74, 6) is 0.978. The molecule has 0 saturated carbocycles. The van der Waals surface area contributed by atoms with Crippen LogP contribution in [-0.2, 0) is 11.3 Å². The Morgan fingerprint density at radius 1 is 1.30 bits per heavy atom. The van der Waals surface area contributed by atoms with Gasteiger partial charge in [0.25, 0.3) is 5.88 Å². The van der Waals surface area contributed by atoms with Crippen LogP contribution >= 0.6 is 11.7 Å². The van der Waals surface area contributed by atoms with Crippen LogP contribution in [0.25, 0.3) is 0 Å². The van der Waals surface area contributed by atoms with Crippen molar-refractivity contribution >= 4 is 17.5 Å². The van der Waals surface area contributed by atoms with Gasteiger partial charge in [0, 0.05) is 13.1 Å². The minimum atomic E-state index is -0.268. The molecule has 3 rings (SSSR count). The molecular weight excluding hydrogens is 281 g/mol. The zero-order valence-electron chi connectivity index (χ0n) is 10.8. The van der Waals surface area contributed by atoms with Crippen LogP contribution in [0.15, 0.2) is 24.3 Å². The zero-order valence-corrected chi connectivity index (χ0v) is 11.6. The van der Waals surface area contributed by atoms with Crippen molar-refractivity contribution in [1.29, 1.82) is 0 Å². The van der Waals surface area contributed by atoms with Gasteiger partial charge in [-0.1, -0.05) is 12.1 Å². The molecule has 2 aromatic rings. The van der Waals surface area contributed by atoms with E-state index in [4.69, 9.17) is 9.47 Å². The van der Waals surface area contributed by atoms with Gasteiger partial charge in [0.2, 0.25) is 5.82 Å². The average Bonchev–Trinajstić information content (AvgIpc) is 2.95. The van der Waals surface area contributed by atoms with E-state index in [-0.39, 0.29) is 12.4 Å². The quantitative estimate of drug-likeness (QED) is 0.864. The minimum Gasteiger partial charge on any atom is -0.470 e. The van der Waals surface area contributed by atoms with Crippen molar-refractivity contribution in [2.45, 2.75) is 6.61 Å². The largest absolute Gasteiger partial charge is 0.470 e. The molecule has 0 amide bonds. The lowest BCUT2D eigenvalue weighted by Gasteiger charge is -2.26. The summed E-state index contributed by atoms with van der Waals surface area (Å²) >= 11 is 1.12.